The van der Waals surface area contributed by atoms with Crippen LogP contribution in [0.1, 0.15) is 48.4 Å². The summed E-state index contributed by atoms with van der Waals surface area (Å²) >= 11 is 2.57. The lowest BCUT2D eigenvalue weighted by Crippen LogP contribution is -2.21. The molecule has 168 valence electrons. The predicted molar refractivity (Wildman–Crippen MR) is 123 cm³/mol. The van der Waals surface area contributed by atoms with Crippen molar-refractivity contribution in [3.8, 4) is 5.75 Å². The molecule has 1 aromatic carbocycles. The number of amides is 1. The van der Waals surface area contributed by atoms with Gasteiger partial charge in [0.05, 0.1) is 11.3 Å². The van der Waals surface area contributed by atoms with Gasteiger partial charge >= 0.3 is 5.97 Å². The van der Waals surface area contributed by atoms with E-state index >= 15 is 0 Å². The third-order valence-corrected chi connectivity index (χ3v) is 6.63. The normalized spacial score (nSPS) is 10.9. The third-order valence-electron chi connectivity index (χ3n) is 4.64. The highest BCUT2D eigenvalue weighted by molar-refractivity contribution is 8.00. The number of hydrogen-bond acceptors (Lipinski definition) is 9. The van der Waals surface area contributed by atoms with Gasteiger partial charge in [-0.25, -0.2) is 4.79 Å². The molecule has 0 fully saturated rings. The lowest BCUT2D eigenvalue weighted by Gasteiger charge is -2.09. The van der Waals surface area contributed by atoms with Gasteiger partial charge in [0, 0.05) is 12.0 Å². The number of ether oxygens (including phenoxy) is 1. The van der Waals surface area contributed by atoms with Crippen molar-refractivity contribution in [2.45, 2.75) is 43.7 Å². The van der Waals surface area contributed by atoms with Crippen molar-refractivity contribution in [1.82, 2.24) is 10.2 Å². The molecule has 0 radical (unpaired) electrons. The first-order valence-electron chi connectivity index (χ1n) is 10.1. The Morgan fingerprint density at radius 2 is 2.00 bits per heavy atom. The molecule has 1 N–H and O–H groups in total. The Bertz CT molecular complexity index is 1150. The van der Waals surface area contributed by atoms with E-state index in [4.69, 9.17) is 9.15 Å². The summed E-state index contributed by atoms with van der Waals surface area (Å²) in [5.74, 6) is -0.191. The zero-order valence-corrected chi connectivity index (χ0v) is 19.5. The Hall–Kier alpha value is -2.98. The Kier molecular flexibility index (Phi) is 8.18. The molecule has 8 nitrogen and oxygen atoms in total. The van der Waals surface area contributed by atoms with Crippen LogP contribution in [0.25, 0.3) is 0 Å². The van der Waals surface area contributed by atoms with Crippen LogP contribution in [0, 0.1) is 12.8 Å². The van der Waals surface area contributed by atoms with Crippen molar-refractivity contribution in [1.29, 1.82) is 0 Å². The van der Waals surface area contributed by atoms with E-state index in [1.807, 2.05) is 26.8 Å². The maximum atomic E-state index is 12.3. The highest BCUT2D eigenvalue weighted by atomic mass is 32.2. The Labute approximate surface area is 193 Å². The van der Waals surface area contributed by atoms with Crippen molar-refractivity contribution >= 4 is 40.1 Å². The van der Waals surface area contributed by atoms with Gasteiger partial charge in [0.15, 0.2) is 4.34 Å². The molecule has 0 atom stereocenters. The maximum absolute atomic E-state index is 12.3. The molecule has 3 aromatic rings. The molecule has 2 aromatic heterocycles. The molecule has 0 saturated heterocycles. The van der Waals surface area contributed by atoms with Crippen molar-refractivity contribution in [3.05, 3.63) is 63.7 Å². The highest BCUT2D eigenvalue weighted by Crippen LogP contribution is 2.29. The first-order valence-corrected chi connectivity index (χ1v) is 11.9. The van der Waals surface area contributed by atoms with E-state index in [0.29, 0.717) is 26.5 Å². The third kappa shape index (κ3) is 6.27. The Morgan fingerprint density at radius 1 is 1.22 bits per heavy atom. The molecule has 0 spiro atoms. The summed E-state index contributed by atoms with van der Waals surface area (Å²) in [5, 5.41) is 11.2. The maximum Gasteiger partial charge on any atom is 0.343 e. The van der Waals surface area contributed by atoms with Gasteiger partial charge in [-0.3, -0.25) is 9.59 Å². The average molecular weight is 474 g/mol. The fourth-order valence-corrected chi connectivity index (χ4v) is 4.48. The summed E-state index contributed by atoms with van der Waals surface area (Å²) in [6.07, 6.45) is 2.66. The first kappa shape index (κ1) is 23.7. The molecule has 0 saturated carbocycles. The molecule has 0 aliphatic carbocycles. The van der Waals surface area contributed by atoms with Crippen LogP contribution in [0.15, 0.2) is 50.1 Å². The fraction of sp³-hybridized carbons (Fsp3) is 0.318. The van der Waals surface area contributed by atoms with Gasteiger partial charge in [-0.1, -0.05) is 54.6 Å². The minimum Gasteiger partial charge on any atom is -0.464 e. The second-order valence-corrected chi connectivity index (χ2v) is 9.20. The summed E-state index contributed by atoms with van der Waals surface area (Å²) in [4.78, 5) is 36.7. The van der Waals surface area contributed by atoms with Crippen molar-refractivity contribution in [2.24, 2.45) is 5.92 Å². The second kappa shape index (κ2) is 11.1. The smallest absolute Gasteiger partial charge is 0.343 e. The molecule has 1 amide bonds. The van der Waals surface area contributed by atoms with Crippen LogP contribution in [0.4, 0.5) is 5.13 Å². The Morgan fingerprint density at radius 3 is 2.69 bits per heavy atom. The molecule has 10 heteroatoms. The lowest BCUT2D eigenvalue weighted by atomic mass is 10.0. The monoisotopic (exact) mass is 473 g/mol. The van der Waals surface area contributed by atoms with Gasteiger partial charge in [0.1, 0.15) is 12.0 Å². The van der Waals surface area contributed by atoms with E-state index in [9.17, 15) is 14.4 Å². The van der Waals surface area contributed by atoms with Crippen LogP contribution in [0.5, 0.6) is 5.75 Å². The number of nitrogens with zero attached hydrogens (tertiary/aromatic N) is 2. The van der Waals surface area contributed by atoms with Gasteiger partial charge < -0.3 is 14.5 Å². The molecule has 0 aliphatic rings. The number of benzene rings is 1. The van der Waals surface area contributed by atoms with Gasteiger partial charge in [-0.15, -0.1) is 10.2 Å². The molecule has 3 rings (SSSR count). The number of carbonyl (C=O) groups is 2. The quantitative estimate of drug-likeness (QED) is 0.271. The van der Waals surface area contributed by atoms with E-state index in [-0.39, 0.29) is 17.6 Å². The van der Waals surface area contributed by atoms with E-state index in [2.05, 4.69) is 15.5 Å². The van der Waals surface area contributed by atoms with Crippen LogP contribution in [0.3, 0.4) is 0 Å². The number of nitrogens with one attached hydrogen (secondary N) is 1. The topological polar surface area (TPSA) is 111 Å². The number of anilines is 1. The SMILES string of the molecule is CCC(CC)C(=O)Nc1nnc(SCc2cc(=O)c(OC(=O)c3cccc(C)c3)co2)s1. The number of rotatable bonds is 9. The van der Waals surface area contributed by atoms with Crippen LogP contribution < -0.4 is 15.5 Å². The van der Waals surface area contributed by atoms with Gasteiger partial charge in [-0.2, -0.15) is 0 Å². The minimum absolute atomic E-state index is 0.0530. The molecule has 0 bridgehead atoms. The van der Waals surface area contributed by atoms with Crippen LogP contribution >= 0.6 is 23.1 Å². The molecule has 2 heterocycles. The number of carbonyl (C=O) groups excluding carboxylic acids is 2. The Balaban J connectivity index is 1.57. The first-order chi connectivity index (χ1) is 15.4. The molecule has 0 unspecified atom stereocenters. The summed E-state index contributed by atoms with van der Waals surface area (Å²) < 4.78 is 11.2. The highest BCUT2D eigenvalue weighted by Gasteiger charge is 2.17. The van der Waals surface area contributed by atoms with Crippen LogP contribution in [-0.4, -0.2) is 22.1 Å². The average Bonchev–Trinajstić information content (AvgIpc) is 3.22. The van der Waals surface area contributed by atoms with Gasteiger partial charge in [-0.05, 0) is 31.9 Å². The minimum atomic E-state index is -0.625. The fourth-order valence-electron chi connectivity index (χ4n) is 2.84. The van der Waals surface area contributed by atoms with Crippen molar-refractivity contribution in [3.63, 3.8) is 0 Å². The standard InChI is InChI=1S/C22H23N3O5S2/c1-4-14(5-2)19(27)23-21-24-25-22(32-21)31-12-16-10-17(26)18(11-29-16)30-20(28)15-8-6-7-13(3)9-15/h6-11,14H,4-5,12H2,1-3H3,(H,23,24,27). The largest absolute Gasteiger partial charge is 0.464 e. The van der Waals surface area contributed by atoms with Gasteiger partial charge in [0.2, 0.25) is 22.2 Å². The lowest BCUT2D eigenvalue weighted by molar-refractivity contribution is -0.120. The number of aromatic nitrogens is 2. The summed E-state index contributed by atoms with van der Waals surface area (Å²) in [5.41, 5.74) is 0.810. The van der Waals surface area contributed by atoms with Gasteiger partial charge in [0.25, 0.3) is 0 Å². The summed E-state index contributed by atoms with van der Waals surface area (Å²) in [6, 6.07) is 8.18. The molecule has 32 heavy (non-hydrogen) atoms. The molecule has 0 aliphatic heterocycles. The zero-order valence-electron chi connectivity index (χ0n) is 17.9. The van der Waals surface area contributed by atoms with Crippen molar-refractivity contribution in [2.75, 3.05) is 5.32 Å². The van der Waals surface area contributed by atoms with E-state index in [0.717, 1.165) is 24.7 Å². The van der Waals surface area contributed by atoms with Crippen LogP contribution in [-0.2, 0) is 10.5 Å². The number of aryl methyl sites for hydroxylation is 1. The zero-order chi connectivity index (χ0) is 23.1. The second-order valence-electron chi connectivity index (χ2n) is 7.00. The summed E-state index contributed by atoms with van der Waals surface area (Å²) in [7, 11) is 0. The van der Waals surface area contributed by atoms with Crippen LogP contribution in [0.2, 0.25) is 0 Å². The number of thioether (sulfide) groups is 1. The number of hydrogen-bond donors (Lipinski definition) is 1. The number of esters is 1. The summed E-state index contributed by atoms with van der Waals surface area (Å²) in [6.45, 7) is 5.80. The molecular formula is C22H23N3O5S2. The van der Waals surface area contributed by atoms with Crippen molar-refractivity contribution < 1.29 is 18.7 Å². The van der Waals surface area contributed by atoms with E-state index in [1.165, 1.54) is 29.2 Å². The van der Waals surface area contributed by atoms with E-state index in [1.54, 1.807) is 18.2 Å². The molecular weight excluding hydrogens is 450 g/mol. The van der Waals surface area contributed by atoms with E-state index < -0.39 is 11.4 Å². The predicted octanol–water partition coefficient (Wildman–Crippen LogP) is 4.69.